The molecule has 26 heavy (non-hydrogen) atoms. The third-order valence-electron chi connectivity index (χ3n) is 6.01. The second-order valence-electron chi connectivity index (χ2n) is 8.18. The molecule has 0 aromatic carbocycles. The first kappa shape index (κ1) is 19.1. The summed E-state index contributed by atoms with van der Waals surface area (Å²) in [7, 11) is 1.78. The number of hydrogen-bond acceptors (Lipinski definition) is 6. The molecule has 0 spiro atoms. The number of nitriles is 1. The molecule has 0 bridgehead atoms. The van der Waals surface area contributed by atoms with Gasteiger partial charge in [0.15, 0.2) is 0 Å². The van der Waals surface area contributed by atoms with Crippen molar-refractivity contribution >= 4 is 5.95 Å². The Morgan fingerprint density at radius 1 is 1.35 bits per heavy atom. The maximum absolute atomic E-state index is 9.91. The lowest BCUT2D eigenvalue weighted by atomic mass is 9.82. The number of ether oxygens (including phenoxy) is 1. The van der Waals surface area contributed by atoms with Crippen molar-refractivity contribution in [1.82, 2.24) is 9.97 Å². The smallest absolute Gasteiger partial charge is 0.223 e. The second-order valence-corrected chi connectivity index (χ2v) is 8.18. The summed E-state index contributed by atoms with van der Waals surface area (Å²) in [4.78, 5) is 9.05. The molecule has 0 radical (unpaired) electrons. The van der Waals surface area contributed by atoms with Crippen LogP contribution in [0.3, 0.4) is 0 Å². The van der Waals surface area contributed by atoms with Crippen LogP contribution in [0, 0.1) is 17.2 Å². The summed E-state index contributed by atoms with van der Waals surface area (Å²) in [5.74, 6) is 0.995. The fraction of sp³-hybridized carbons (Fsp3) is 0.750. The van der Waals surface area contributed by atoms with Gasteiger partial charge in [-0.05, 0) is 64.2 Å². The van der Waals surface area contributed by atoms with Gasteiger partial charge in [0.05, 0.1) is 29.7 Å². The molecule has 2 aliphatic carbocycles. The summed E-state index contributed by atoms with van der Waals surface area (Å²) in [6.45, 7) is 2.21. The van der Waals surface area contributed by atoms with E-state index in [9.17, 15) is 10.4 Å². The number of anilines is 1. The Hall–Kier alpha value is -1.71. The molecule has 0 aliphatic heterocycles. The lowest BCUT2D eigenvalue weighted by Gasteiger charge is -2.37. The lowest BCUT2D eigenvalue weighted by Crippen LogP contribution is -2.41. The first-order valence-corrected chi connectivity index (χ1v) is 9.76. The maximum atomic E-state index is 9.91. The van der Waals surface area contributed by atoms with Crippen LogP contribution in [-0.2, 0) is 11.2 Å². The van der Waals surface area contributed by atoms with Crippen LogP contribution in [0.5, 0.6) is 0 Å². The molecular formula is C20H30N4O2. The van der Waals surface area contributed by atoms with E-state index in [1.807, 2.05) is 0 Å². The van der Waals surface area contributed by atoms with Gasteiger partial charge in [-0.25, -0.2) is 9.97 Å². The fourth-order valence-electron chi connectivity index (χ4n) is 4.31. The van der Waals surface area contributed by atoms with E-state index in [1.54, 1.807) is 13.3 Å². The Morgan fingerprint density at radius 3 is 2.77 bits per heavy atom. The van der Waals surface area contributed by atoms with Crippen LogP contribution in [0.15, 0.2) is 6.20 Å². The molecule has 0 saturated heterocycles. The van der Waals surface area contributed by atoms with Gasteiger partial charge >= 0.3 is 0 Å². The number of aromatic nitrogens is 2. The van der Waals surface area contributed by atoms with Crippen molar-refractivity contribution in [2.45, 2.75) is 82.5 Å². The van der Waals surface area contributed by atoms with Gasteiger partial charge < -0.3 is 15.2 Å². The molecule has 1 aromatic rings. The van der Waals surface area contributed by atoms with Crippen LogP contribution < -0.4 is 5.32 Å². The fourth-order valence-corrected chi connectivity index (χ4v) is 4.31. The third-order valence-corrected chi connectivity index (χ3v) is 6.01. The van der Waals surface area contributed by atoms with Crippen molar-refractivity contribution in [2.24, 2.45) is 5.92 Å². The molecule has 2 atom stereocenters. The molecular weight excluding hydrogens is 328 g/mol. The lowest BCUT2D eigenvalue weighted by molar-refractivity contribution is 0.0563. The van der Waals surface area contributed by atoms with Crippen LogP contribution in [-0.4, -0.2) is 39.9 Å². The van der Waals surface area contributed by atoms with Crippen LogP contribution in [0.1, 0.15) is 69.5 Å². The summed E-state index contributed by atoms with van der Waals surface area (Å²) in [6, 6.07) is 2.22. The van der Waals surface area contributed by atoms with Crippen LogP contribution in [0.2, 0.25) is 0 Å². The SMILES string of the molecule is COC1CCC(C)(Nc2ncc(C#N)c(CC3CCC[C@H](O)C3)n2)CC1. The number of nitrogens with one attached hydrogen (secondary N) is 1. The quantitative estimate of drug-likeness (QED) is 0.840. The summed E-state index contributed by atoms with van der Waals surface area (Å²) in [6.07, 6.45) is 10.4. The Kier molecular flexibility index (Phi) is 6.10. The van der Waals surface area contributed by atoms with E-state index in [0.29, 0.717) is 23.5 Å². The molecule has 2 aliphatic rings. The van der Waals surface area contributed by atoms with Gasteiger partial charge in [-0.1, -0.05) is 6.42 Å². The van der Waals surface area contributed by atoms with Crippen molar-refractivity contribution in [2.75, 3.05) is 12.4 Å². The third kappa shape index (κ3) is 4.72. The van der Waals surface area contributed by atoms with Crippen LogP contribution in [0.4, 0.5) is 5.95 Å². The van der Waals surface area contributed by atoms with E-state index in [2.05, 4.69) is 28.3 Å². The topological polar surface area (TPSA) is 91.1 Å². The standard InChI is InChI=1S/C20H30N4O2/c1-20(8-6-17(26-2)7-9-20)24-19-22-13-15(12-21)18(23-19)11-14-4-3-5-16(25)10-14/h13-14,16-17,25H,3-11H2,1-2H3,(H,22,23,24)/t14?,16-,17?,20?/m0/s1. The molecule has 142 valence electrons. The van der Waals surface area contributed by atoms with Crippen LogP contribution >= 0.6 is 0 Å². The largest absolute Gasteiger partial charge is 0.393 e. The summed E-state index contributed by atoms with van der Waals surface area (Å²) in [5, 5.41) is 22.8. The molecule has 2 saturated carbocycles. The van der Waals surface area contributed by atoms with E-state index in [0.717, 1.165) is 63.5 Å². The average molecular weight is 358 g/mol. The maximum Gasteiger partial charge on any atom is 0.223 e. The van der Waals surface area contributed by atoms with E-state index in [4.69, 9.17) is 4.74 Å². The predicted molar refractivity (Wildman–Crippen MR) is 99.7 cm³/mol. The number of nitrogens with zero attached hydrogens (tertiary/aromatic N) is 3. The molecule has 1 unspecified atom stereocenters. The predicted octanol–water partition coefficient (Wildman–Crippen LogP) is 3.20. The Morgan fingerprint density at radius 2 is 2.12 bits per heavy atom. The monoisotopic (exact) mass is 358 g/mol. The van der Waals surface area contributed by atoms with Crippen molar-refractivity contribution in [3.8, 4) is 6.07 Å². The first-order chi connectivity index (χ1) is 12.5. The van der Waals surface area contributed by atoms with Crippen molar-refractivity contribution in [3.63, 3.8) is 0 Å². The number of rotatable bonds is 5. The van der Waals surface area contributed by atoms with Crippen molar-refractivity contribution in [1.29, 1.82) is 5.26 Å². The molecule has 1 aromatic heterocycles. The van der Waals surface area contributed by atoms with Crippen LogP contribution in [0.25, 0.3) is 0 Å². The number of hydrogen-bond donors (Lipinski definition) is 2. The van der Waals surface area contributed by atoms with E-state index < -0.39 is 0 Å². The minimum atomic E-state index is -0.214. The molecule has 2 N–H and O–H groups in total. The molecule has 2 fully saturated rings. The Labute approximate surface area is 156 Å². The summed E-state index contributed by atoms with van der Waals surface area (Å²) >= 11 is 0. The van der Waals surface area contributed by atoms with Crippen molar-refractivity contribution in [3.05, 3.63) is 17.5 Å². The van der Waals surface area contributed by atoms with Gasteiger partial charge in [0, 0.05) is 12.6 Å². The molecule has 6 nitrogen and oxygen atoms in total. The molecule has 6 heteroatoms. The van der Waals surface area contributed by atoms with Gasteiger partial charge in [0.25, 0.3) is 0 Å². The highest BCUT2D eigenvalue weighted by molar-refractivity contribution is 5.38. The first-order valence-electron chi connectivity index (χ1n) is 9.76. The molecule has 1 heterocycles. The Bertz CT molecular complexity index is 650. The minimum Gasteiger partial charge on any atom is -0.393 e. The molecule has 3 rings (SSSR count). The molecule has 0 amide bonds. The normalized spacial score (nSPS) is 32.0. The van der Waals surface area contributed by atoms with Gasteiger partial charge in [-0.15, -0.1) is 0 Å². The van der Waals surface area contributed by atoms with Gasteiger partial charge in [0.1, 0.15) is 6.07 Å². The van der Waals surface area contributed by atoms with Gasteiger partial charge in [0.2, 0.25) is 5.95 Å². The highest BCUT2D eigenvalue weighted by Crippen LogP contribution is 2.32. The highest BCUT2D eigenvalue weighted by atomic mass is 16.5. The zero-order chi connectivity index (χ0) is 18.6. The number of aliphatic hydroxyl groups excluding tert-OH is 1. The Balaban J connectivity index is 1.70. The van der Waals surface area contributed by atoms with E-state index >= 15 is 0 Å². The van der Waals surface area contributed by atoms with E-state index in [1.165, 1.54) is 0 Å². The highest BCUT2D eigenvalue weighted by Gasteiger charge is 2.32. The average Bonchev–Trinajstić information content (AvgIpc) is 2.62. The van der Waals surface area contributed by atoms with Gasteiger partial charge in [-0.2, -0.15) is 5.26 Å². The van der Waals surface area contributed by atoms with Gasteiger partial charge in [-0.3, -0.25) is 0 Å². The zero-order valence-corrected chi connectivity index (χ0v) is 15.9. The minimum absolute atomic E-state index is 0.0402. The number of aliphatic hydroxyl groups is 1. The summed E-state index contributed by atoms with van der Waals surface area (Å²) in [5.41, 5.74) is 1.31. The summed E-state index contributed by atoms with van der Waals surface area (Å²) < 4.78 is 5.46. The van der Waals surface area contributed by atoms with E-state index in [-0.39, 0.29) is 11.6 Å². The van der Waals surface area contributed by atoms with Crippen molar-refractivity contribution < 1.29 is 9.84 Å². The number of methoxy groups -OCH3 is 1. The zero-order valence-electron chi connectivity index (χ0n) is 15.9. The second kappa shape index (κ2) is 8.32.